The number of rotatable bonds is 5. The Labute approximate surface area is 122 Å². The first-order valence-corrected chi connectivity index (χ1v) is 7.49. The second kappa shape index (κ2) is 5.88. The maximum Gasteiger partial charge on any atom is 0.233 e. The molecule has 4 heteroatoms. The molecule has 1 fully saturated rings. The minimum absolute atomic E-state index is 0.135. The molecule has 0 N–H and O–H groups in total. The summed E-state index contributed by atoms with van der Waals surface area (Å²) in [5.74, 6) is 0.135. The number of carbonyl (C=O) groups excluding carboxylic acids is 1. The van der Waals surface area contributed by atoms with Crippen LogP contribution < -0.4 is 0 Å². The average Bonchev–Trinajstić information content (AvgIpc) is 2.58. The van der Waals surface area contributed by atoms with Crippen LogP contribution in [0.1, 0.15) is 60.8 Å². The van der Waals surface area contributed by atoms with E-state index in [1.165, 1.54) is 0 Å². The number of thiocarbonyl (C=S) groups is 1. The lowest BCUT2D eigenvalue weighted by Crippen LogP contribution is -2.45. The van der Waals surface area contributed by atoms with Crippen molar-refractivity contribution in [1.29, 1.82) is 0 Å². The maximum atomic E-state index is 12.6. The molecule has 1 aliphatic rings. The fourth-order valence-corrected chi connectivity index (χ4v) is 3.37. The van der Waals surface area contributed by atoms with Gasteiger partial charge in [0.05, 0.1) is 16.7 Å². The predicted octanol–water partition coefficient (Wildman–Crippen LogP) is 3.56. The summed E-state index contributed by atoms with van der Waals surface area (Å²) >= 11 is 5.27. The molecule has 0 saturated carbocycles. The monoisotopic (exact) mass is 285 g/mol. The van der Waals surface area contributed by atoms with Crippen LogP contribution in [0.2, 0.25) is 0 Å². The normalized spacial score (nSPS) is 17.4. The lowest BCUT2D eigenvalue weighted by atomic mass is 9.80. The molecular formula is C15H27NO2S. The van der Waals surface area contributed by atoms with Crippen LogP contribution in [0.5, 0.6) is 0 Å². The molecule has 1 heterocycles. The van der Waals surface area contributed by atoms with Crippen molar-refractivity contribution < 1.29 is 9.53 Å². The first kappa shape index (κ1) is 16.6. The fraction of sp³-hybridized carbons (Fsp3) is 0.867. The SMILES string of the molecule is CC(C)OC(C)(C)CC(C)(C)C(=O)N1CCCC1=S. The van der Waals surface area contributed by atoms with Crippen LogP contribution in [0.15, 0.2) is 0 Å². The van der Waals surface area contributed by atoms with E-state index in [-0.39, 0.29) is 17.6 Å². The number of likely N-dealkylation sites (tertiary alicyclic amines) is 1. The summed E-state index contributed by atoms with van der Waals surface area (Å²) in [6.07, 6.45) is 2.71. The molecule has 1 rings (SSSR count). The fourth-order valence-electron chi connectivity index (χ4n) is 3.05. The molecule has 0 aromatic rings. The molecule has 0 spiro atoms. The smallest absolute Gasteiger partial charge is 0.233 e. The molecule has 0 aromatic carbocycles. The van der Waals surface area contributed by atoms with Crippen LogP contribution in [-0.4, -0.2) is 34.0 Å². The zero-order valence-electron chi connectivity index (χ0n) is 13.1. The van der Waals surface area contributed by atoms with Gasteiger partial charge in [-0.15, -0.1) is 0 Å². The summed E-state index contributed by atoms with van der Waals surface area (Å²) in [4.78, 5) is 15.2. The van der Waals surface area contributed by atoms with Crippen LogP contribution >= 0.6 is 12.2 Å². The zero-order valence-corrected chi connectivity index (χ0v) is 13.9. The second-order valence-electron chi connectivity index (χ2n) is 6.94. The van der Waals surface area contributed by atoms with Crippen molar-refractivity contribution >= 4 is 23.1 Å². The molecule has 0 bridgehead atoms. The van der Waals surface area contributed by atoms with E-state index in [4.69, 9.17) is 17.0 Å². The van der Waals surface area contributed by atoms with Gasteiger partial charge in [0.15, 0.2) is 0 Å². The van der Waals surface area contributed by atoms with Gasteiger partial charge in [0.1, 0.15) is 0 Å². The van der Waals surface area contributed by atoms with Gasteiger partial charge in [0.2, 0.25) is 5.91 Å². The standard InChI is InChI=1S/C15H27NO2S/c1-11(2)18-15(5,6)10-14(3,4)13(17)16-9-7-8-12(16)19/h11H,7-10H2,1-6H3. The summed E-state index contributed by atoms with van der Waals surface area (Å²) in [5, 5.41) is 0. The lowest BCUT2D eigenvalue weighted by molar-refractivity contribution is -0.142. The van der Waals surface area contributed by atoms with Gasteiger partial charge in [-0.25, -0.2) is 0 Å². The Morgan fingerprint density at radius 2 is 1.95 bits per heavy atom. The van der Waals surface area contributed by atoms with Crippen LogP contribution in [0.4, 0.5) is 0 Å². The third-order valence-corrected chi connectivity index (χ3v) is 3.74. The van der Waals surface area contributed by atoms with Gasteiger partial charge in [-0.1, -0.05) is 26.1 Å². The van der Waals surface area contributed by atoms with E-state index in [1.807, 2.05) is 41.5 Å². The van der Waals surface area contributed by atoms with Gasteiger partial charge in [0.25, 0.3) is 0 Å². The van der Waals surface area contributed by atoms with E-state index in [2.05, 4.69) is 0 Å². The molecule has 1 amide bonds. The summed E-state index contributed by atoms with van der Waals surface area (Å²) in [5.41, 5.74) is -0.762. The van der Waals surface area contributed by atoms with E-state index in [1.54, 1.807) is 4.90 Å². The van der Waals surface area contributed by atoms with E-state index in [0.717, 1.165) is 24.4 Å². The minimum Gasteiger partial charge on any atom is -0.373 e. The average molecular weight is 285 g/mol. The number of hydrogen-bond acceptors (Lipinski definition) is 3. The topological polar surface area (TPSA) is 29.5 Å². The van der Waals surface area contributed by atoms with Gasteiger partial charge >= 0.3 is 0 Å². The van der Waals surface area contributed by atoms with Crippen molar-refractivity contribution in [2.24, 2.45) is 5.41 Å². The molecular weight excluding hydrogens is 258 g/mol. The predicted molar refractivity (Wildman–Crippen MR) is 82.2 cm³/mol. The highest BCUT2D eigenvalue weighted by Gasteiger charge is 2.40. The number of nitrogens with zero attached hydrogens (tertiary/aromatic N) is 1. The summed E-state index contributed by atoms with van der Waals surface area (Å²) in [6.45, 7) is 12.9. The molecule has 19 heavy (non-hydrogen) atoms. The number of ether oxygens (including phenoxy) is 1. The molecule has 1 aliphatic heterocycles. The van der Waals surface area contributed by atoms with Crippen molar-refractivity contribution in [3.8, 4) is 0 Å². The minimum atomic E-state index is -0.452. The van der Waals surface area contributed by atoms with Crippen LogP contribution in [0.3, 0.4) is 0 Å². The van der Waals surface area contributed by atoms with Crippen molar-refractivity contribution in [3.05, 3.63) is 0 Å². The Kier molecular flexibility index (Phi) is 5.13. The molecule has 0 atom stereocenters. The first-order valence-electron chi connectivity index (χ1n) is 7.08. The number of amides is 1. The summed E-state index contributed by atoms with van der Waals surface area (Å²) < 4.78 is 5.91. The third kappa shape index (κ3) is 4.53. The van der Waals surface area contributed by atoms with E-state index in [0.29, 0.717) is 6.42 Å². The molecule has 0 radical (unpaired) electrons. The highest BCUT2D eigenvalue weighted by molar-refractivity contribution is 7.80. The molecule has 0 aliphatic carbocycles. The second-order valence-corrected chi connectivity index (χ2v) is 7.41. The first-order chi connectivity index (χ1) is 8.55. The van der Waals surface area contributed by atoms with E-state index >= 15 is 0 Å². The highest BCUT2D eigenvalue weighted by atomic mass is 32.1. The molecule has 110 valence electrons. The highest BCUT2D eigenvalue weighted by Crippen LogP contribution is 2.34. The Morgan fingerprint density at radius 3 is 2.37 bits per heavy atom. The zero-order chi connectivity index (χ0) is 14.8. The quantitative estimate of drug-likeness (QED) is 0.723. The van der Waals surface area contributed by atoms with Crippen molar-refractivity contribution in [1.82, 2.24) is 4.90 Å². The lowest BCUT2D eigenvalue weighted by Gasteiger charge is -2.37. The Hall–Kier alpha value is -0.480. The largest absolute Gasteiger partial charge is 0.373 e. The van der Waals surface area contributed by atoms with E-state index in [9.17, 15) is 4.79 Å². The summed E-state index contributed by atoms with van der Waals surface area (Å²) in [7, 11) is 0. The molecule has 1 saturated heterocycles. The van der Waals surface area contributed by atoms with Gasteiger partial charge in [-0.05, 0) is 40.5 Å². The van der Waals surface area contributed by atoms with Gasteiger partial charge < -0.3 is 9.64 Å². The third-order valence-electron chi connectivity index (χ3n) is 3.32. The van der Waals surface area contributed by atoms with Crippen LogP contribution in [0, 0.1) is 5.41 Å². The number of carbonyl (C=O) groups is 1. The van der Waals surface area contributed by atoms with Crippen molar-refractivity contribution in [2.45, 2.75) is 72.5 Å². The Bertz CT molecular complexity index is 361. The molecule has 3 nitrogen and oxygen atoms in total. The Morgan fingerprint density at radius 1 is 1.37 bits per heavy atom. The van der Waals surface area contributed by atoms with E-state index < -0.39 is 5.41 Å². The summed E-state index contributed by atoms with van der Waals surface area (Å²) in [6, 6.07) is 0. The van der Waals surface area contributed by atoms with Crippen LogP contribution in [-0.2, 0) is 9.53 Å². The van der Waals surface area contributed by atoms with Crippen molar-refractivity contribution in [3.63, 3.8) is 0 Å². The van der Waals surface area contributed by atoms with Gasteiger partial charge in [-0.3, -0.25) is 4.79 Å². The Balaban J connectivity index is 2.74. The van der Waals surface area contributed by atoms with Gasteiger partial charge in [0, 0.05) is 18.4 Å². The maximum absolute atomic E-state index is 12.6. The molecule has 0 aromatic heterocycles. The van der Waals surface area contributed by atoms with Gasteiger partial charge in [-0.2, -0.15) is 0 Å². The number of hydrogen-bond donors (Lipinski definition) is 0. The van der Waals surface area contributed by atoms with Crippen molar-refractivity contribution in [2.75, 3.05) is 6.54 Å². The molecule has 0 unspecified atom stereocenters. The van der Waals surface area contributed by atoms with Crippen LogP contribution in [0.25, 0.3) is 0 Å².